The second kappa shape index (κ2) is 13.4. The van der Waals surface area contributed by atoms with E-state index < -0.39 is 0 Å². The fourth-order valence-electron chi connectivity index (χ4n) is 5.67. The van der Waals surface area contributed by atoms with Crippen molar-refractivity contribution in [3.05, 3.63) is 68.6 Å². The largest absolute Gasteiger partial charge is 1.00 e. The molecule has 6 heteroatoms. The van der Waals surface area contributed by atoms with E-state index in [1.165, 1.54) is 120 Å². The van der Waals surface area contributed by atoms with Gasteiger partial charge in [-0.25, -0.2) is 0 Å². The highest BCUT2D eigenvalue weighted by atomic mass is 79.9. The summed E-state index contributed by atoms with van der Waals surface area (Å²) in [5.41, 5.74) is 3.00. The van der Waals surface area contributed by atoms with Gasteiger partial charge in [0.1, 0.15) is 26.2 Å². The summed E-state index contributed by atoms with van der Waals surface area (Å²) >= 11 is 7.20. The number of rotatable bonds is 7. The molecule has 0 bridgehead atoms. The number of nitrogens with zero attached hydrogens (tertiary/aromatic N) is 2. The lowest BCUT2D eigenvalue weighted by molar-refractivity contribution is -0.997. The maximum absolute atomic E-state index is 3.60. The van der Waals surface area contributed by atoms with Crippen LogP contribution in [-0.4, -0.2) is 48.2 Å². The minimum Gasteiger partial charge on any atom is -1.00 e. The van der Waals surface area contributed by atoms with Crippen molar-refractivity contribution in [3.63, 3.8) is 0 Å². The number of likely N-dealkylation sites (tertiary alicyclic amines) is 2. The van der Waals surface area contributed by atoms with Gasteiger partial charge in [0, 0.05) is 20.1 Å². The number of hydrogen-bond acceptors (Lipinski definition) is 0. The van der Waals surface area contributed by atoms with Crippen LogP contribution in [0, 0.1) is 0 Å². The monoisotopic (exact) mass is 692 g/mol. The van der Waals surface area contributed by atoms with Gasteiger partial charge >= 0.3 is 0 Å². The van der Waals surface area contributed by atoms with Gasteiger partial charge in [0.2, 0.25) is 0 Å². The molecule has 2 aromatic rings. The van der Waals surface area contributed by atoms with Crippen molar-refractivity contribution in [2.75, 3.05) is 39.3 Å². The zero-order valence-corrected chi connectivity index (χ0v) is 25.3. The van der Waals surface area contributed by atoms with Gasteiger partial charge in [-0.15, -0.1) is 0 Å². The van der Waals surface area contributed by atoms with Gasteiger partial charge in [-0.05, 0) is 62.8 Å². The van der Waals surface area contributed by atoms with Gasteiger partial charge in [0.15, 0.2) is 0 Å². The van der Waals surface area contributed by atoms with Crippen LogP contribution in [0.15, 0.2) is 57.5 Å². The molecule has 2 aromatic carbocycles. The minimum absolute atomic E-state index is 0. The number of quaternary nitrogens is 2. The van der Waals surface area contributed by atoms with E-state index in [0.717, 1.165) is 0 Å². The van der Waals surface area contributed by atoms with Crippen molar-refractivity contribution in [2.24, 2.45) is 0 Å². The molecule has 0 aromatic heterocycles. The van der Waals surface area contributed by atoms with Gasteiger partial charge in [-0.2, -0.15) is 0 Å². The third-order valence-electron chi connectivity index (χ3n) is 7.44. The lowest BCUT2D eigenvalue weighted by atomic mass is 10.0. The van der Waals surface area contributed by atoms with E-state index in [1.807, 2.05) is 0 Å². The minimum atomic E-state index is 0. The highest BCUT2D eigenvalue weighted by Gasteiger charge is 2.37. The molecule has 0 aliphatic carbocycles. The summed E-state index contributed by atoms with van der Waals surface area (Å²) in [7, 11) is 0. The number of halogens is 4. The Labute approximate surface area is 232 Å². The second-order valence-corrected chi connectivity index (χ2v) is 11.5. The summed E-state index contributed by atoms with van der Waals surface area (Å²) in [4.78, 5) is 0. The lowest BCUT2D eigenvalue weighted by Gasteiger charge is -2.47. The Bertz CT molecular complexity index is 726. The van der Waals surface area contributed by atoms with E-state index in [0.29, 0.717) is 0 Å². The van der Waals surface area contributed by atoms with Crippen LogP contribution >= 0.6 is 31.9 Å². The van der Waals surface area contributed by atoms with Crippen LogP contribution in [0.3, 0.4) is 0 Å². The van der Waals surface area contributed by atoms with E-state index >= 15 is 0 Å². The van der Waals surface area contributed by atoms with Crippen molar-refractivity contribution in [1.82, 2.24) is 0 Å². The Morgan fingerprint density at radius 1 is 0.500 bits per heavy atom. The summed E-state index contributed by atoms with van der Waals surface area (Å²) in [5, 5.41) is 0. The molecule has 2 fully saturated rings. The molecule has 4 rings (SSSR count). The molecule has 0 saturated carbocycles. The molecule has 2 saturated heterocycles. The third kappa shape index (κ3) is 7.91. The topological polar surface area (TPSA) is 0 Å². The first-order chi connectivity index (χ1) is 14.6. The highest BCUT2D eigenvalue weighted by Crippen LogP contribution is 2.28. The predicted octanol–water partition coefficient (Wildman–Crippen LogP) is 0.921. The van der Waals surface area contributed by atoms with E-state index in [9.17, 15) is 0 Å². The molecule has 32 heavy (non-hydrogen) atoms. The van der Waals surface area contributed by atoms with Crippen molar-refractivity contribution in [2.45, 2.75) is 51.6 Å². The van der Waals surface area contributed by atoms with Gasteiger partial charge < -0.3 is 42.9 Å². The molecule has 2 nitrogen and oxygen atoms in total. The first-order valence-corrected chi connectivity index (χ1v) is 13.3. The number of hydrogen-bond donors (Lipinski definition) is 0. The summed E-state index contributed by atoms with van der Waals surface area (Å²) < 4.78 is 4.96. The fourth-order valence-corrected chi connectivity index (χ4v) is 6.19. The summed E-state index contributed by atoms with van der Waals surface area (Å²) in [6, 6.07) is 18.1. The molecule has 0 N–H and O–H groups in total. The highest BCUT2D eigenvalue weighted by molar-refractivity contribution is 9.10. The average molecular weight is 696 g/mol. The van der Waals surface area contributed by atoms with Crippen LogP contribution < -0.4 is 34.0 Å². The van der Waals surface area contributed by atoms with E-state index in [1.54, 1.807) is 0 Å². The quantitative estimate of drug-likeness (QED) is 0.379. The molecular weight excluding hydrogens is 660 g/mol. The van der Waals surface area contributed by atoms with Gasteiger partial charge in [0.05, 0.1) is 26.2 Å². The van der Waals surface area contributed by atoms with Crippen LogP contribution in [0.25, 0.3) is 0 Å². The van der Waals surface area contributed by atoms with Crippen LogP contribution in [0.2, 0.25) is 0 Å². The van der Waals surface area contributed by atoms with Crippen molar-refractivity contribution in [1.29, 1.82) is 0 Å². The molecule has 2 aliphatic rings. The molecule has 178 valence electrons. The molecule has 2 heterocycles. The first-order valence-electron chi connectivity index (χ1n) is 11.8. The molecule has 0 atom stereocenters. The normalized spacial score (nSPS) is 19.4. The Kier molecular flexibility index (Phi) is 11.9. The summed E-state index contributed by atoms with van der Waals surface area (Å²) in [6.45, 7) is 10.5. The van der Waals surface area contributed by atoms with Crippen LogP contribution in [0.5, 0.6) is 0 Å². The molecule has 0 spiro atoms. The van der Waals surface area contributed by atoms with E-state index in [-0.39, 0.29) is 34.0 Å². The smallest absolute Gasteiger partial charge is 0.129 e. The number of piperidine rings is 2. The van der Waals surface area contributed by atoms with Crippen molar-refractivity contribution >= 4 is 31.9 Å². The zero-order valence-electron chi connectivity index (χ0n) is 18.9. The van der Waals surface area contributed by atoms with Gasteiger partial charge in [-0.1, -0.05) is 56.1 Å². The standard InChI is InChI=1S/C26H36Br2N2.2BrH/c27-25-11-7-23(8-12-25)21-29(15-3-1-4-16-29)19-20-30(17-5-2-6-18-30)22-24-9-13-26(28)14-10-24;;/h7-14H,1-6,15-22H2;2*1H/q+2;;/p-2. The van der Waals surface area contributed by atoms with Gasteiger partial charge in [-0.3, -0.25) is 0 Å². The summed E-state index contributed by atoms with van der Waals surface area (Å²) in [5.74, 6) is 0. The maximum atomic E-state index is 3.60. The third-order valence-corrected chi connectivity index (χ3v) is 8.50. The predicted molar refractivity (Wildman–Crippen MR) is 133 cm³/mol. The van der Waals surface area contributed by atoms with Gasteiger partial charge in [0.25, 0.3) is 0 Å². The summed E-state index contributed by atoms with van der Waals surface area (Å²) in [6.07, 6.45) is 8.40. The van der Waals surface area contributed by atoms with Crippen molar-refractivity contribution < 1.29 is 42.9 Å². The maximum Gasteiger partial charge on any atom is 0.129 e. The Balaban J connectivity index is 0.00000181. The number of benzene rings is 2. The Hall–Kier alpha value is 0.280. The molecule has 0 unspecified atom stereocenters. The fraction of sp³-hybridized carbons (Fsp3) is 0.538. The lowest BCUT2D eigenvalue weighted by Crippen LogP contribution is -3.00. The first kappa shape index (κ1) is 28.5. The van der Waals surface area contributed by atoms with Crippen molar-refractivity contribution in [3.8, 4) is 0 Å². The molecule has 0 amide bonds. The van der Waals surface area contributed by atoms with Crippen LogP contribution in [0.1, 0.15) is 49.7 Å². The molecule has 0 radical (unpaired) electrons. The zero-order chi connectivity index (χ0) is 20.9. The molecule has 2 aliphatic heterocycles. The second-order valence-electron chi connectivity index (χ2n) is 9.72. The molecular formula is C26H36Br4N2. The van der Waals surface area contributed by atoms with Crippen LogP contribution in [-0.2, 0) is 13.1 Å². The SMILES string of the molecule is Brc1ccc(C[N+]2(CC[N+]3(Cc4ccc(Br)cc4)CCCCC3)CCCCC2)cc1.[Br-].[Br-]. The van der Waals surface area contributed by atoms with E-state index in [2.05, 4.69) is 80.4 Å². The Morgan fingerprint density at radius 2 is 0.812 bits per heavy atom. The Morgan fingerprint density at radius 3 is 1.12 bits per heavy atom. The average Bonchev–Trinajstić information content (AvgIpc) is 2.77. The van der Waals surface area contributed by atoms with Crippen LogP contribution in [0.4, 0.5) is 0 Å². The van der Waals surface area contributed by atoms with E-state index in [4.69, 9.17) is 0 Å².